The highest BCUT2D eigenvalue weighted by molar-refractivity contribution is 5.74. The molecule has 2 N–H and O–H groups in total. The van der Waals surface area contributed by atoms with E-state index in [0.717, 1.165) is 11.1 Å². The first-order chi connectivity index (χ1) is 12.9. The Hall–Kier alpha value is -2.82. The number of rotatable bonds is 6. The summed E-state index contributed by atoms with van der Waals surface area (Å²) in [5.74, 6) is -0.392. The van der Waals surface area contributed by atoms with Crippen molar-refractivity contribution >= 4 is 12.0 Å². The standard InChI is InChI=1S/C22H26N2O3/c1-16-8-10-18(11-9-16)17(2)24-15-14-22(27-21(24)26,13-12-20(23)25)19-6-4-3-5-7-19/h3-11,17H,12-15H2,1-2H3,(H2,23,25)/t17-,22-/m0/s1. The van der Waals surface area contributed by atoms with E-state index in [1.54, 1.807) is 4.90 Å². The van der Waals surface area contributed by atoms with Crippen molar-refractivity contribution in [2.24, 2.45) is 5.73 Å². The molecule has 0 aromatic heterocycles. The number of amides is 2. The fraction of sp³-hybridized carbons (Fsp3) is 0.364. The van der Waals surface area contributed by atoms with Gasteiger partial charge in [-0.15, -0.1) is 0 Å². The van der Waals surface area contributed by atoms with E-state index in [0.29, 0.717) is 19.4 Å². The monoisotopic (exact) mass is 366 g/mol. The summed E-state index contributed by atoms with van der Waals surface area (Å²) in [7, 11) is 0. The van der Waals surface area contributed by atoms with E-state index in [9.17, 15) is 9.59 Å². The summed E-state index contributed by atoms with van der Waals surface area (Å²) in [6, 6.07) is 17.7. The van der Waals surface area contributed by atoms with E-state index < -0.39 is 11.5 Å². The summed E-state index contributed by atoms with van der Waals surface area (Å²) in [6.45, 7) is 4.60. The van der Waals surface area contributed by atoms with Crippen molar-refractivity contribution in [3.63, 3.8) is 0 Å². The zero-order valence-corrected chi connectivity index (χ0v) is 15.9. The zero-order valence-electron chi connectivity index (χ0n) is 15.9. The minimum atomic E-state index is -0.809. The Balaban J connectivity index is 1.82. The molecule has 1 aliphatic rings. The lowest BCUT2D eigenvalue weighted by Gasteiger charge is -2.43. The maximum atomic E-state index is 12.9. The molecule has 1 saturated heterocycles. The second-order valence-corrected chi connectivity index (χ2v) is 7.22. The predicted molar refractivity (Wildman–Crippen MR) is 104 cm³/mol. The molecule has 2 amide bonds. The lowest BCUT2D eigenvalue weighted by molar-refractivity contribution is -0.121. The molecule has 2 aromatic rings. The zero-order chi connectivity index (χ0) is 19.4. The van der Waals surface area contributed by atoms with Gasteiger partial charge in [-0.25, -0.2) is 4.79 Å². The van der Waals surface area contributed by atoms with Crippen LogP contribution in [0.5, 0.6) is 0 Å². The van der Waals surface area contributed by atoms with Gasteiger partial charge in [0.25, 0.3) is 0 Å². The van der Waals surface area contributed by atoms with Gasteiger partial charge in [0.2, 0.25) is 5.91 Å². The van der Waals surface area contributed by atoms with Crippen LogP contribution in [-0.2, 0) is 15.1 Å². The molecule has 3 rings (SSSR count). The van der Waals surface area contributed by atoms with Crippen LogP contribution in [0.3, 0.4) is 0 Å². The number of benzene rings is 2. The second-order valence-electron chi connectivity index (χ2n) is 7.22. The van der Waals surface area contributed by atoms with Gasteiger partial charge in [-0.05, 0) is 25.0 Å². The van der Waals surface area contributed by atoms with Gasteiger partial charge in [-0.1, -0.05) is 60.2 Å². The van der Waals surface area contributed by atoms with E-state index in [1.165, 1.54) is 5.56 Å². The summed E-state index contributed by atoms with van der Waals surface area (Å²) >= 11 is 0. The average Bonchev–Trinajstić information content (AvgIpc) is 2.67. The van der Waals surface area contributed by atoms with Crippen molar-refractivity contribution in [3.8, 4) is 0 Å². The van der Waals surface area contributed by atoms with Crippen LogP contribution in [0.15, 0.2) is 54.6 Å². The summed E-state index contributed by atoms with van der Waals surface area (Å²) in [5, 5.41) is 0. The fourth-order valence-corrected chi connectivity index (χ4v) is 3.64. The smallest absolute Gasteiger partial charge is 0.411 e. The number of nitrogens with two attached hydrogens (primary N) is 1. The molecule has 1 fully saturated rings. The summed E-state index contributed by atoms with van der Waals surface area (Å²) in [5.41, 5.74) is 7.70. The molecule has 2 atom stereocenters. The molecule has 0 bridgehead atoms. The molecule has 0 radical (unpaired) electrons. The number of ether oxygens (including phenoxy) is 1. The van der Waals surface area contributed by atoms with Crippen LogP contribution in [0, 0.1) is 6.92 Å². The summed E-state index contributed by atoms with van der Waals surface area (Å²) < 4.78 is 5.97. The van der Waals surface area contributed by atoms with Gasteiger partial charge in [0.1, 0.15) is 5.60 Å². The first-order valence-electron chi connectivity index (χ1n) is 9.31. The van der Waals surface area contributed by atoms with Gasteiger partial charge in [0.05, 0.1) is 6.04 Å². The lowest BCUT2D eigenvalue weighted by atomic mass is 9.84. The minimum Gasteiger partial charge on any atom is -0.438 e. The topological polar surface area (TPSA) is 72.6 Å². The SMILES string of the molecule is Cc1ccc([C@H](C)N2CC[C@@](CCC(N)=O)(c3ccccc3)OC2=O)cc1. The van der Waals surface area contributed by atoms with Crippen LogP contribution in [0.1, 0.15) is 48.9 Å². The van der Waals surface area contributed by atoms with Crippen molar-refractivity contribution < 1.29 is 14.3 Å². The normalized spacial score (nSPS) is 20.8. The molecule has 5 heteroatoms. The van der Waals surface area contributed by atoms with E-state index >= 15 is 0 Å². The van der Waals surface area contributed by atoms with E-state index in [-0.39, 0.29) is 18.6 Å². The Morgan fingerprint density at radius 1 is 1.19 bits per heavy atom. The van der Waals surface area contributed by atoms with Gasteiger partial charge in [-0.3, -0.25) is 4.79 Å². The Bertz CT molecular complexity index is 804. The van der Waals surface area contributed by atoms with Gasteiger partial charge in [-0.2, -0.15) is 0 Å². The van der Waals surface area contributed by atoms with Crippen LogP contribution in [0.2, 0.25) is 0 Å². The average molecular weight is 366 g/mol. The number of cyclic esters (lactones) is 1. The van der Waals surface area contributed by atoms with E-state index in [2.05, 4.69) is 0 Å². The van der Waals surface area contributed by atoms with Gasteiger partial charge >= 0.3 is 6.09 Å². The molecular formula is C22H26N2O3. The first-order valence-corrected chi connectivity index (χ1v) is 9.31. The van der Waals surface area contributed by atoms with Crippen LogP contribution in [0.4, 0.5) is 4.79 Å². The van der Waals surface area contributed by atoms with E-state index in [1.807, 2.05) is 68.4 Å². The number of nitrogens with zero attached hydrogens (tertiary/aromatic N) is 1. The molecule has 1 aliphatic heterocycles. The van der Waals surface area contributed by atoms with Crippen molar-refractivity contribution in [3.05, 3.63) is 71.3 Å². The number of aryl methyl sites for hydroxylation is 1. The third-order valence-electron chi connectivity index (χ3n) is 5.38. The third-order valence-corrected chi connectivity index (χ3v) is 5.38. The Labute approximate surface area is 160 Å². The molecule has 0 unspecified atom stereocenters. The number of carbonyl (C=O) groups is 2. The van der Waals surface area contributed by atoms with Crippen molar-refractivity contribution in [2.45, 2.75) is 44.8 Å². The van der Waals surface area contributed by atoms with Crippen LogP contribution in [-0.4, -0.2) is 23.4 Å². The van der Waals surface area contributed by atoms with Crippen LogP contribution in [0.25, 0.3) is 0 Å². The Morgan fingerprint density at radius 2 is 1.85 bits per heavy atom. The largest absolute Gasteiger partial charge is 0.438 e. The number of hydrogen-bond donors (Lipinski definition) is 1. The molecule has 27 heavy (non-hydrogen) atoms. The molecule has 0 spiro atoms. The van der Waals surface area contributed by atoms with Crippen molar-refractivity contribution in [1.82, 2.24) is 4.90 Å². The van der Waals surface area contributed by atoms with Crippen molar-refractivity contribution in [2.75, 3.05) is 6.54 Å². The Morgan fingerprint density at radius 3 is 2.44 bits per heavy atom. The van der Waals surface area contributed by atoms with Gasteiger partial charge in [0, 0.05) is 25.8 Å². The molecule has 0 aliphatic carbocycles. The lowest BCUT2D eigenvalue weighted by Crippen LogP contribution is -2.49. The summed E-state index contributed by atoms with van der Waals surface area (Å²) in [6.07, 6.45) is 0.829. The highest BCUT2D eigenvalue weighted by Crippen LogP contribution is 2.40. The molecule has 1 heterocycles. The van der Waals surface area contributed by atoms with Gasteiger partial charge < -0.3 is 15.4 Å². The summed E-state index contributed by atoms with van der Waals surface area (Å²) in [4.78, 5) is 26.0. The van der Waals surface area contributed by atoms with Crippen LogP contribution < -0.4 is 5.73 Å². The quantitative estimate of drug-likeness (QED) is 0.838. The maximum Gasteiger partial charge on any atom is 0.411 e. The number of carbonyl (C=O) groups excluding carboxylic acids is 2. The minimum absolute atomic E-state index is 0.0805. The van der Waals surface area contributed by atoms with Crippen molar-refractivity contribution in [1.29, 1.82) is 0 Å². The fourth-order valence-electron chi connectivity index (χ4n) is 3.64. The number of primary amides is 1. The second kappa shape index (κ2) is 7.82. The highest BCUT2D eigenvalue weighted by atomic mass is 16.6. The Kier molecular flexibility index (Phi) is 5.49. The van der Waals surface area contributed by atoms with Crippen LogP contribution >= 0.6 is 0 Å². The molecule has 5 nitrogen and oxygen atoms in total. The maximum absolute atomic E-state index is 12.9. The number of hydrogen-bond acceptors (Lipinski definition) is 3. The molecule has 0 saturated carbocycles. The van der Waals surface area contributed by atoms with E-state index in [4.69, 9.17) is 10.5 Å². The first kappa shape index (κ1) is 19.0. The highest BCUT2D eigenvalue weighted by Gasteiger charge is 2.43. The predicted octanol–water partition coefficient (Wildman–Crippen LogP) is 4.06. The van der Waals surface area contributed by atoms with Gasteiger partial charge in [0.15, 0.2) is 0 Å². The molecule has 142 valence electrons. The molecular weight excluding hydrogens is 340 g/mol. The molecule has 2 aromatic carbocycles. The third kappa shape index (κ3) is 4.13.